The molecule has 23 heavy (non-hydrogen) atoms. The van der Waals surface area contributed by atoms with Crippen LogP contribution >= 0.6 is 0 Å². The molecular formula is C16H21N5O2. The average Bonchev–Trinajstić information content (AvgIpc) is 2.94. The molecule has 1 aromatic heterocycles. The van der Waals surface area contributed by atoms with Crippen molar-refractivity contribution in [2.75, 3.05) is 5.32 Å². The molecule has 2 aromatic rings. The van der Waals surface area contributed by atoms with Gasteiger partial charge in [0.25, 0.3) is 0 Å². The average molecular weight is 315 g/mol. The molecule has 0 fully saturated rings. The summed E-state index contributed by atoms with van der Waals surface area (Å²) < 4.78 is 1.75. The van der Waals surface area contributed by atoms with Gasteiger partial charge in [-0.05, 0) is 12.0 Å². The van der Waals surface area contributed by atoms with Crippen molar-refractivity contribution in [3.8, 4) is 0 Å². The summed E-state index contributed by atoms with van der Waals surface area (Å²) in [5.74, 6) is -0.154. The van der Waals surface area contributed by atoms with E-state index >= 15 is 0 Å². The molecule has 2 N–H and O–H groups in total. The van der Waals surface area contributed by atoms with Gasteiger partial charge in [-0.3, -0.25) is 19.5 Å². The fourth-order valence-electron chi connectivity index (χ4n) is 2.25. The predicted molar refractivity (Wildman–Crippen MR) is 86.7 cm³/mol. The van der Waals surface area contributed by atoms with Crippen molar-refractivity contribution >= 4 is 17.8 Å². The maximum atomic E-state index is 12.3. The lowest BCUT2D eigenvalue weighted by molar-refractivity contribution is -0.125. The van der Waals surface area contributed by atoms with Gasteiger partial charge in [0.2, 0.25) is 17.8 Å². The number of carbonyl (C=O) groups is 2. The molecule has 0 saturated carbocycles. The number of amides is 2. The third kappa shape index (κ3) is 4.91. The number of nitrogens with one attached hydrogen (secondary N) is 2. The highest BCUT2D eigenvalue weighted by Crippen LogP contribution is 2.09. The molecule has 0 spiro atoms. The zero-order valence-corrected chi connectivity index (χ0v) is 13.3. The molecule has 1 aromatic carbocycles. The van der Waals surface area contributed by atoms with Crippen LogP contribution in [-0.2, 0) is 16.1 Å². The lowest BCUT2D eigenvalue weighted by Gasteiger charge is -2.16. The Bertz CT molecular complexity index is 654. The topological polar surface area (TPSA) is 88.9 Å². The minimum Gasteiger partial charge on any atom is -0.345 e. The number of benzene rings is 1. The molecule has 7 heteroatoms. The highest BCUT2D eigenvalue weighted by Gasteiger charge is 2.20. The summed E-state index contributed by atoms with van der Waals surface area (Å²) >= 11 is 0. The van der Waals surface area contributed by atoms with Crippen molar-refractivity contribution in [2.24, 2.45) is 0 Å². The molecular weight excluding hydrogens is 294 g/mol. The monoisotopic (exact) mass is 315 g/mol. The summed E-state index contributed by atoms with van der Waals surface area (Å²) in [4.78, 5) is 23.6. The van der Waals surface area contributed by atoms with Crippen LogP contribution in [0.1, 0.15) is 32.3 Å². The zero-order valence-electron chi connectivity index (χ0n) is 13.3. The summed E-state index contributed by atoms with van der Waals surface area (Å²) in [7, 11) is 0. The first-order valence-corrected chi connectivity index (χ1v) is 7.60. The third-order valence-corrected chi connectivity index (χ3v) is 3.32. The fourth-order valence-corrected chi connectivity index (χ4v) is 2.25. The number of nitrogens with zero attached hydrogens (tertiary/aromatic N) is 3. The van der Waals surface area contributed by atoms with Crippen LogP contribution in [0.2, 0.25) is 0 Å². The van der Waals surface area contributed by atoms with Gasteiger partial charge in [-0.15, -0.1) is 10.2 Å². The van der Waals surface area contributed by atoms with Crippen LogP contribution in [0, 0.1) is 0 Å². The second kappa shape index (κ2) is 8.07. The molecule has 1 atom stereocenters. The Morgan fingerprint density at radius 2 is 2.00 bits per heavy atom. The lowest BCUT2D eigenvalue weighted by Crippen LogP contribution is -2.43. The van der Waals surface area contributed by atoms with Gasteiger partial charge in [-0.1, -0.05) is 43.7 Å². The van der Waals surface area contributed by atoms with Crippen LogP contribution in [0.3, 0.4) is 0 Å². The Kier molecular flexibility index (Phi) is 5.85. The van der Waals surface area contributed by atoms with Crippen LogP contribution in [0.5, 0.6) is 0 Å². The van der Waals surface area contributed by atoms with Crippen molar-refractivity contribution in [1.82, 2.24) is 20.1 Å². The highest BCUT2D eigenvalue weighted by molar-refractivity contribution is 5.95. The van der Waals surface area contributed by atoms with Crippen LogP contribution in [-0.4, -0.2) is 32.6 Å². The van der Waals surface area contributed by atoms with E-state index in [2.05, 4.69) is 20.8 Å². The second-order valence-electron chi connectivity index (χ2n) is 5.30. The van der Waals surface area contributed by atoms with E-state index in [1.807, 2.05) is 37.3 Å². The molecule has 1 heterocycles. The van der Waals surface area contributed by atoms with Crippen molar-refractivity contribution in [2.45, 2.75) is 39.3 Å². The summed E-state index contributed by atoms with van der Waals surface area (Å²) in [5, 5.41) is 13.2. The molecule has 122 valence electrons. The zero-order chi connectivity index (χ0) is 16.7. The fraction of sp³-hybridized carbons (Fsp3) is 0.375. The second-order valence-corrected chi connectivity index (χ2v) is 5.30. The van der Waals surface area contributed by atoms with Crippen molar-refractivity contribution in [3.05, 3.63) is 42.2 Å². The molecule has 0 saturated heterocycles. The molecule has 0 aliphatic heterocycles. The molecule has 2 amide bonds. The van der Waals surface area contributed by atoms with Crippen molar-refractivity contribution < 1.29 is 9.59 Å². The molecule has 2 rings (SSSR count). The minimum absolute atomic E-state index is 0.232. The quantitative estimate of drug-likeness (QED) is 0.811. The van der Waals surface area contributed by atoms with E-state index in [1.165, 1.54) is 6.92 Å². The standard InChI is InChI=1S/C16H21N5O2/c1-3-7-14(18-12(2)22)15(23)19-16-20-17-11-21(16)10-13-8-5-4-6-9-13/h4-6,8-9,11,14H,3,7,10H2,1-2H3,(H,18,22)(H,19,20,23). The molecule has 1 unspecified atom stereocenters. The van der Waals surface area contributed by atoms with Gasteiger partial charge in [-0.2, -0.15) is 0 Å². The Balaban J connectivity index is 2.06. The maximum Gasteiger partial charge on any atom is 0.249 e. The number of anilines is 1. The number of carbonyl (C=O) groups excluding carboxylic acids is 2. The van der Waals surface area contributed by atoms with E-state index in [-0.39, 0.29) is 11.8 Å². The summed E-state index contributed by atoms with van der Waals surface area (Å²) in [5.41, 5.74) is 1.08. The van der Waals surface area contributed by atoms with Gasteiger partial charge in [0.15, 0.2) is 0 Å². The van der Waals surface area contributed by atoms with Gasteiger partial charge in [-0.25, -0.2) is 0 Å². The van der Waals surface area contributed by atoms with E-state index in [1.54, 1.807) is 10.9 Å². The number of rotatable bonds is 7. The van der Waals surface area contributed by atoms with Crippen LogP contribution in [0.4, 0.5) is 5.95 Å². The summed E-state index contributed by atoms with van der Waals surface area (Å²) in [6.45, 7) is 3.91. The number of hydrogen-bond acceptors (Lipinski definition) is 4. The molecule has 0 aliphatic carbocycles. The largest absolute Gasteiger partial charge is 0.345 e. The van der Waals surface area contributed by atoms with Gasteiger partial charge in [0, 0.05) is 6.92 Å². The van der Waals surface area contributed by atoms with Crippen LogP contribution in [0.25, 0.3) is 0 Å². The Hall–Kier alpha value is -2.70. The Labute approximate surface area is 135 Å². The predicted octanol–water partition coefficient (Wildman–Crippen LogP) is 1.57. The number of aromatic nitrogens is 3. The van der Waals surface area contributed by atoms with Gasteiger partial charge >= 0.3 is 0 Å². The van der Waals surface area contributed by atoms with Crippen molar-refractivity contribution in [3.63, 3.8) is 0 Å². The van der Waals surface area contributed by atoms with Gasteiger partial charge in [0.05, 0.1) is 6.54 Å². The SMILES string of the molecule is CCCC(NC(C)=O)C(=O)Nc1nncn1Cc1ccccc1. The van der Waals surface area contributed by atoms with E-state index < -0.39 is 6.04 Å². The lowest BCUT2D eigenvalue weighted by atomic mass is 10.1. The van der Waals surface area contributed by atoms with E-state index in [9.17, 15) is 9.59 Å². The third-order valence-electron chi connectivity index (χ3n) is 3.32. The minimum atomic E-state index is -0.570. The van der Waals surface area contributed by atoms with E-state index in [0.29, 0.717) is 18.9 Å². The Morgan fingerprint density at radius 3 is 2.65 bits per heavy atom. The number of hydrogen-bond donors (Lipinski definition) is 2. The Morgan fingerprint density at radius 1 is 1.26 bits per heavy atom. The van der Waals surface area contributed by atoms with Crippen molar-refractivity contribution in [1.29, 1.82) is 0 Å². The van der Waals surface area contributed by atoms with Crippen LogP contribution < -0.4 is 10.6 Å². The first-order chi connectivity index (χ1) is 11.1. The molecule has 0 radical (unpaired) electrons. The molecule has 0 bridgehead atoms. The first-order valence-electron chi connectivity index (χ1n) is 7.60. The molecule has 0 aliphatic rings. The van der Waals surface area contributed by atoms with Gasteiger partial charge < -0.3 is 5.32 Å². The van der Waals surface area contributed by atoms with Gasteiger partial charge in [0.1, 0.15) is 12.4 Å². The maximum absolute atomic E-state index is 12.3. The normalized spacial score (nSPS) is 11.7. The highest BCUT2D eigenvalue weighted by atomic mass is 16.2. The summed E-state index contributed by atoms with van der Waals surface area (Å²) in [6.07, 6.45) is 2.92. The van der Waals surface area contributed by atoms with Crippen LogP contribution in [0.15, 0.2) is 36.7 Å². The first kappa shape index (κ1) is 16.7. The van der Waals surface area contributed by atoms with E-state index in [4.69, 9.17) is 0 Å². The smallest absolute Gasteiger partial charge is 0.249 e. The molecule has 7 nitrogen and oxygen atoms in total. The van der Waals surface area contributed by atoms with E-state index in [0.717, 1.165) is 12.0 Å². The summed E-state index contributed by atoms with van der Waals surface area (Å²) in [6, 6.07) is 9.25.